The molecule has 0 N–H and O–H groups in total. The minimum Gasteiger partial charge on any atom is -0.345 e. The van der Waals surface area contributed by atoms with Crippen LogP contribution in [0.25, 0.3) is 0 Å². The molecule has 1 unspecified atom stereocenters. The minimum atomic E-state index is -0.973. The third kappa shape index (κ3) is 3.42. The van der Waals surface area contributed by atoms with E-state index in [1.165, 1.54) is 11.3 Å². The van der Waals surface area contributed by atoms with Gasteiger partial charge in [0.05, 0.1) is 36.7 Å². The molecular formula is C22H25N3O4S. The largest absolute Gasteiger partial charge is 0.345 e. The van der Waals surface area contributed by atoms with Gasteiger partial charge in [-0.2, -0.15) is 0 Å². The zero-order valence-corrected chi connectivity index (χ0v) is 17.8. The highest BCUT2D eigenvalue weighted by Gasteiger charge is 2.55. The third-order valence-electron chi connectivity index (χ3n) is 6.21. The van der Waals surface area contributed by atoms with E-state index in [2.05, 4.69) is 4.98 Å². The van der Waals surface area contributed by atoms with Gasteiger partial charge in [0.1, 0.15) is 5.69 Å². The number of thiazole rings is 1. The van der Waals surface area contributed by atoms with Crippen LogP contribution in [0.2, 0.25) is 0 Å². The van der Waals surface area contributed by atoms with Crippen molar-refractivity contribution in [1.29, 1.82) is 0 Å². The van der Waals surface area contributed by atoms with Crippen molar-refractivity contribution in [1.82, 2.24) is 14.8 Å². The van der Waals surface area contributed by atoms with Crippen LogP contribution in [0.5, 0.6) is 0 Å². The second-order valence-electron chi connectivity index (χ2n) is 8.26. The van der Waals surface area contributed by atoms with Crippen LogP contribution >= 0.6 is 11.3 Å². The first-order valence-corrected chi connectivity index (χ1v) is 11.2. The van der Waals surface area contributed by atoms with Gasteiger partial charge in [0.2, 0.25) is 11.7 Å². The van der Waals surface area contributed by atoms with Crippen molar-refractivity contribution in [3.8, 4) is 0 Å². The lowest BCUT2D eigenvalue weighted by molar-refractivity contribution is -0.284. The number of carbonyl (C=O) groups is 2. The summed E-state index contributed by atoms with van der Waals surface area (Å²) in [7, 11) is 0. The number of hydrogen-bond donors (Lipinski definition) is 0. The molecule has 1 spiro atoms. The highest BCUT2D eigenvalue weighted by atomic mass is 32.1. The van der Waals surface area contributed by atoms with Crippen molar-refractivity contribution < 1.29 is 19.1 Å². The van der Waals surface area contributed by atoms with E-state index >= 15 is 0 Å². The van der Waals surface area contributed by atoms with Gasteiger partial charge in [0, 0.05) is 18.5 Å². The summed E-state index contributed by atoms with van der Waals surface area (Å²) in [6, 6.07) is 10.0. The van der Waals surface area contributed by atoms with E-state index in [1.54, 1.807) is 10.3 Å². The molecule has 1 aromatic carbocycles. The maximum atomic E-state index is 13.5. The van der Waals surface area contributed by atoms with Crippen LogP contribution in [0, 0.1) is 6.92 Å². The van der Waals surface area contributed by atoms with Crippen LogP contribution < -0.4 is 0 Å². The lowest BCUT2D eigenvalue weighted by Crippen LogP contribution is -2.64. The standard InChI is InChI=1S/C22H25N3O4S/c1-16-23-18(13-30-16)19(26)24-9-11-28-22(14-24)15-25(10-12-29-22)20(27)21(7-8-21)17-5-3-2-4-6-17/h2-6,13H,7-12,14-15H2,1H3. The molecule has 3 fully saturated rings. The van der Waals surface area contributed by atoms with Gasteiger partial charge in [-0.25, -0.2) is 4.98 Å². The number of hydrogen-bond acceptors (Lipinski definition) is 6. The molecule has 2 saturated heterocycles. The summed E-state index contributed by atoms with van der Waals surface area (Å²) in [6.45, 7) is 4.32. The highest BCUT2D eigenvalue weighted by Crippen LogP contribution is 2.50. The molecule has 3 heterocycles. The van der Waals surface area contributed by atoms with Crippen LogP contribution in [0.15, 0.2) is 35.7 Å². The molecule has 7 nitrogen and oxygen atoms in total. The molecule has 1 atom stereocenters. The minimum absolute atomic E-state index is 0.114. The lowest BCUT2D eigenvalue weighted by atomic mass is 9.93. The Labute approximate surface area is 179 Å². The third-order valence-corrected chi connectivity index (χ3v) is 6.99. The van der Waals surface area contributed by atoms with Gasteiger partial charge in [-0.05, 0) is 25.3 Å². The van der Waals surface area contributed by atoms with E-state index in [-0.39, 0.29) is 11.8 Å². The van der Waals surface area contributed by atoms with Crippen LogP contribution in [0.4, 0.5) is 0 Å². The topological polar surface area (TPSA) is 72.0 Å². The number of aryl methyl sites for hydroxylation is 1. The Balaban J connectivity index is 1.32. The molecule has 1 saturated carbocycles. The quantitative estimate of drug-likeness (QED) is 0.751. The van der Waals surface area contributed by atoms with Crippen LogP contribution in [-0.2, 0) is 19.7 Å². The number of ether oxygens (including phenoxy) is 2. The van der Waals surface area contributed by atoms with E-state index in [9.17, 15) is 9.59 Å². The van der Waals surface area contributed by atoms with Crippen LogP contribution in [0.1, 0.15) is 33.9 Å². The van der Waals surface area contributed by atoms with Crippen molar-refractivity contribution in [2.45, 2.75) is 31.0 Å². The Hall–Kier alpha value is -2.29. The second kappa shape index (κ2) is 7.44. The molecule has 2 aromatic rings. The molecule has 2 amide bonds. The molecule has 8 heteroatoms. The van der Waals surface area contributed by atoms with E-state index in [0.29, 0.717) is 45.1 Å². The maximum Gasteiger partial charge on any atom is 0.273 e. The molecule has 30 heavy (non-hydrogen) atoms. The first-order chi connectivity index (χ1) is 14.5. The van der Waals surface area contributed by atoms with E-state index < -0.39 is 11.2 Å². The molecule has 1 aliphatic carbocycles. The second-order valence-corrected chi connectivity index (χ2v) is 9.32. The fourth-order valence-corrected chi connectivity index (χ4v) is 5.07. The smallest absolute Gasteiger partial charge is 0.273 e. The average Bonchev–Trinajstić information content (AvgIpc) is 3.48. The van der Waals surface area contributed by atoms with Crippen molar-refractivity contribution in [2.24, 2.45) is 0 Å². The zero-order chi connectivity index (χ0) is 20.8. The summed E-state index contributed by atoms with van der Waals surface area (Å²) < 4.78 is 12.0. The van der Waals surface area contributed by atoms with Crippen molar-refractivity contribution in [3.63, 3.8) is 0 Å². The number of rotatable bonds is 3. The Bertz CT molecular complexity index is 954. The summed E-state index contributed by atoms with van der Waals surface area (Å²) >= 11 is 1.46. The van der Waals surface area contributed by atoms with Gasteiger partial charge in [-0.15, -0.1) is 11.3 Å². The highest BCUT2D eigenvalue weighted by molar-refractivity contribution is 7.09. The molecule has 5 rings (SSSR count). The van der Waals surface area contributed by atoms with Crippen LogP contribution in [-0.4, -0.2) is 71.8 Å². The van der Waals surface area contributed by atoms with Gasteiger partial charge < -0.3 is 19.3 Å². The predicted octanol–water partition coefficient (Wildman–Crippen LogP) is 2.21. The number of benzene rings is 1. The van der Waals surface area contributed by atoms with Crippen molar-refractivity contribution >= 4 is 23.2 Å². The van der Waals surface area contributed by atoms with Gasteiger partial charge >= 0.3 is 0 Å². The molecule has 158 valence electrons. The number of amides is 2. The predicted molar refractivity (Wildman–Crippen MR) is 111 cm³/mol. The van der Waals surface area contributed by atoms with Gasteiger partial charge in [0.15, 0.2) is 0 Å². The SMILES string of the molecule is Cc1nc(C(=O)N2CCOC3(C2)CN(C(=O)C2(c4ccccc4)CC2)CCO3)cs1. The van der Waals surface area contributed by atoms with E-state index in [0.717, 1.165) is 23.4 Å². The molecule has 0 bridgehead atoms. The summed E-state index contributed by atoms with van der Waals surface area (Å²) in [4.78, 5) is 34.3. The fourth-order valence-electron chi connectivity index (χ4n) is 4.48. The molecule has 1 aromatic heterocycles. The van der Waals surface area contributed by atoms with Crippen molar-refractivity contribution in [3.05, 3.63) is 52.0 Å². The maximum absolute atomic E-state index is 13.5. The van der Waals surface area contributed by atoms with Crippen molar-refractivity contribution in [2.75, 3.05) is 39.4 Å². The molecular weight excluding hydrogens is 402 g/mol. The van der Waals surface area contributed by atoms with Gasteiger partial charge in [0.25, 0.3) is 5.91 Å². The number of carbonyl (C=O) groups excluding carboxylic acids is 2. The number of nitrogens with zero attached hydrogens (tertiary/aromatic N) is 3. The molecule has 2 aliphatic heterocycles. The Morgan fingerprint density at radius 1 is 1.03 bits per heavy atom. The summed E-state index contributed by atoms with van der Waals surface area (Å²) in [5, 5.41) is 2.65. The molecule has 0 radical (unpaired) electrons. The Morgan fingerprint density at radius 2 is 1.70 bits per heavy atom. The summed E-state index contributed by atoms with van der Waals surface area (Å²) in [5.41, 5.74) is 1.12. The summed E-state index contributed by atoms with van der Waals surface area (Å²) in [5.74, 6) is -0.949. The Kier molecular flexibility index (Phi) is 4.88. The van der Waals surface area contributed by atoms with E-state index in [1.807, 2.05) is 42.2 Å². The monoisotopic (exact) mass is 427 g/mol. The zero-order valence-electron chi connectivity index (χ0n) is 17.0. The first-order valence-electron chi connectivity index (χ1n) is 10.4. The number of aromatic nitrogens is 1. The molecule has 3 aliphatic rings. The summed E-state index contributed by atoms with van der Waals surface area (Å²) in [6.07, 6.45) is 1.74. The Morgan fingerprint density at radius 3 is 2.33 bits per heavy atom. The lowest BCUT2D eigenvalue weighted by Gasteiger charge is -2.47. The fraction of sp³-hybridized carbons (Fsp3) is 0.500. The average molecular weight is 428 g/mol. The first kappa shape index (κ1) is 19.7. The van der Waals surface area contributed by atoms with Gasteiger partial charge in [-0.1, -0.05) is 30.3 Å². The van der Waals surface area contributed by atoms with Crippen LogP contribution in [0.3, 0.4) is 0 Å². The van der Waals surface area contributed by atoms with E-state index in [4.69, 9.17) is 9.47 Å². The normalized spacial score (nSPS) is 25.4. The number of morpholine rings is 2. The van der Waals surface area contributed by atoms with Gasteiger partial charge in [-0.3, -0.25) is 9.59 Å².